The number of aromatic nitrogens is 6. The summed E-state index contributed by atoms with van der Waals surface area (Å²) in [6.07, 6.45) is 4.44. The Morgan fingerprint density at radius 1 is 0.623 bits per heavy atom. The third-order valence-corrected chi connectivity index (χ3v) is 8.90. The molecule has 312 valence electrons. The first-order chi connectivity index (χ1) is 29.2. The number of amides is 2. The molecule has 4 aromatic heterocycles. The van der Waals surface area contributed by atoms with E-state index in [1.54, 1.807) is 44.4 Å². The molecule has 0 saturated carbocycles. The van der Waals surface area contributed by atoms with Crippen molar-refractivity contribution in [3.8, 4) is 12.1 Å². The summed E-state index contributed by atoms with van der Waals surface area (Å²) >= 11 is 5.93. The third-order valence-electron chi connectivity index (χ3n) is 8.70. The van der Waals surface area contributed by atoms with Crippen molar-refractivity contribution in [1.29, 1.82) is 10.5 Å². The quantitative estimate of drug-likeness (QED) is 0.0724. The molecule has 0 saturated heterocycles. The molecule has 4 heterocycles. The molecule has 17 heteroatoms. The fourth-order valence-corrected chi connectivity index (χ4v) is 6.05. The predicted octanol–water partition coefficient (Wildman–Crippen LogP) is 7.72. The van der Waals surface area contributed by atoms with Crippen molar-refractivity contribution in [3.63, 3.8) is 0 Å². The standard InChI is InChI=1S/C22H23N7O.C16H15ClN4O.C6H9N3/c1-5-16-9-15(11-23)6-7-18(16)28-19-10-20(25-12-17(19)22(30)24-4)29-21-8-13(2)26-14(3)27-21;1-3-11-6-10(8-18)4-5-13(11)21-14-7-15(17)20-9-12(14)16(22)19-2;1-4-3-6(7)9-5(2)8-4/h6-10,12H,5H2,1-4H3,(H,24,30)(H2,25,26,27,28,29);4-7,9H,3H2,1-2H3,(H,19,22)(H,20,21);3H,1-2H3,(H2,7,8,9). The highest BCUT2D eigenvalue weighted by molar-refractivity contribution is 6.29. The minimum atomic E-state index is -0.253. The fourth-order valence-electron chi connectivity index (χ4n) is 5.90. The second-order valence-electron chi connectivity index (χ2n) is 13.3. The zero-order valence-corrected chi connectivity index (χ0v) is 35.9. The van der Waals surface area contributed by atoms with Crippen molar-refractivity contribution in [2.75, 3.05) is 35.8 Å². The highest BCUT2D eigenvalue weighted by atomic mass is 35.5. The lowest BCUT2D eigenvalue weighted by Gasteiger charge is -2.16. The average Bonchev–Trinajstić information content (AvgIpc) is 3.23. The van der Waals surface area contributed by atoms with Crippen LogP contribution >= 0.6 is 11.6 Å². The van der Waals surface area contributed by atoms with E-state index in [2.05, 4.69) is 68.6 Å². The van der Waals surface area contributed by atoms with Gasteiger partial charge >= 0.3 is 0 Å². The molecule has 0 aliphatic heterocycles. The normalized spacial score (nSPS) is 10.0. The zero-order valence-electron chi connectivity index (χ0n) is 35.2. The number of carbonyl (C=O) groups excluding carboxylic acids is 2. The van der Waals surface area contributed by atoms with E-state index in [1.807, 2.05) is 71.9 Å². The van der Waals surface area contributed by atoms with Gasteiger partial charge in [-0.25, -0.2) is 29.9 Å². The van der Waals surface area contributed by atoms with E-state index in [0.717, 1.165) is 52.6 Å². The van der Waals surface area contributed by atoms with Gasteiger partial charge in [-0.15, -0.1) is 0 Å². The lowest BCUT2D eigenvalue weighted by molar-refractivity contribution is 0.0955. The number of rotatable bonds is 10. The maximum Gasteiger partial charge on any atom is 0.254 e. The molecule has 0 unspecified atom stereocenters. The van der Waals surface area contributed by atoms with E-state index >= 15 is 0 Å². The van der Waals surface area contributed by atoms with E-state index in [4.69, 9.17) is 27.9 Å². The second kappa shape index (κ2) is 21.9. The van der Waals surface area contributed by atoms with Gasteiger partial charge < -0.3 is 32.3 Å². The molecular formula is C44H47ClN14O2. The van der Waals surface area contributed by atoms with Crippen LogP contribution in [0.1, 0.15) is 79.9 Å². The monoisotopic (exact) mass is 838 g/mol. The SMILES string of the molecule is CCc1cc(C#N)ccc1Nc1cc(Cl)ncc1C(=O)NC.CCc1cc(C#N)ccc1Nc1cc(Nc2cc(C)nc(C)n2)ncc1C(=O)NC.Cc1cc(N)nc(C)n1. The molecule has 6 rings (SSSR count). The number of pyridine rings is 2. The molecule has 2 amide bonds. The molecule has 0 atom stereocenters. The van der Waals surface area contributed by atoms with E-state index in [9.17, 15) is 9.59 Å². The second-order valence-corrected chi connectivity index (χ2v) is 13.7. The lowest BCUT2D eigenvalue weighted by Crippen LogP contribution is -2.19. The Balaban J connectivity index is 0.000000230. The Labute approximate surface area is 360 Å². The Morgan fingerprint density at radius 3 is 1.57 bits per heavy atom. The molecule has 6 aromatic rings. The number of halogens is 1. The largest absolute Gasteiger partial charge is 0.384 e. The van der Waals surface area contributed by atoms with Crippen molar-refractivity contribution >= 4 is 63.6 Å². The van der Waals surface area contributed by atoms with Crippen LogP contribution in [0.2, 0.25) is 5.15 Å². The highest BCUT2D eigenvalue weighted by Gasteiger charge is 2.16. The molecule has 0 fully saturated rings. The summed E-state index contributed by atoms with van der Waals surface area (Å²) in [7, 11) is 3.13. The number of nitrogens with two attached hydrogens (primary N) is 1. The average molecular weight is 839 g/mol. The number of benzene rings is 2. The highest BCUT2D eigenvalue weighted by Crippen LogP contribution is 2.29. The number of carbonyl (C=O) groups is 2. The summed E-state index contributed by atoms with van der Waals surface area (Å²) < 4.78 is 0. The van der Waals surface area contributed by atoms with Crippen LogP contribution in [0.3, 0.4) is 0 Å². The molecular weight excluding hydrogens is 792 g/mol. The van der Waals surface area contributed by atoms with Gasteiger partial charge in [-0.3, -0.25) is 9.59 Å². The van der Waals surface area contributed by atoms with Crippen LogP contribution in [0, 0.1) is 50.4 Å². The summed E-state index contributed by atoms with van der Waals surface area (Å²) in [4.78, 5) is 49.2. The van der Waals surface area contributed by atoms with E-state index in [-0.39, 0.29) is 11.8 Å². The van der Waals surface area contributed by atoms with Gasteiger partial charge in [-0.1, -0.05) is 25.4 Å². The van der Waals surface area contributed by atoms with E-state index in [1.165, 1.54) is 12.4 Å². The number of nitrogen functional groups attached to an aromatic ring is 1. The summed E-state index contributed by atoms with van der Waals surface area (Å²) in [5, 5.41) is 33.3. The maximum absolute atomic E-state index is 12.4. The van der Waals surface area contributed by atoms with Crippen LogP contribution in [0.5, 0.6) is 0 Å². The van der Waals surface area contributed by atoms with Crippen LogP contribution in [-0.4, -0.2) is 55.8 Å². The Hall–Kier alpha value is -7.69. The van der Waals surface area contributed by atoms with Crippen LogP contribution in [-0.2, 0) is 12.8 Å². The van der Waals surface area contributed by atoms with Crippen molar-refractivity contribution in [2.45, 2.75) is 54.4 Å². The molecule has 61 heavy (non-hydrogen) atoms. The third kappa shape index (κ3) is 13.2. The predicted molar refractivity (Wildman–Crippen MR) is 239 cm³/mol. The van der Waals surface area contributed by atoms with Crippen molar-refractivity contribution in [3.05, 3.63) is 135 Å². The van der Waals surface area contributed by atoms with Gasteiger partial charge in [-0.2, -0.15) is 10.5 Å². The number of hydrogen-bond acceptors (Lipinski definition) is 14. The van der Waals surface area contributed by atoms with Crippen LogP contribution in [0.15, 0.2) is 73.1 Å². The number of nitriles is 2. The number of nitrogens with zero attached hydrogens (tertiary/aromatic N) is 8. The summed E-state index contributed by atoms with van der Waals surface area (Å²) in [6.45, 7) is 11.5. The number of anilines is 7. The first kappa shape index (κ1) is 46.0. The van der Waals surface area contributed by atoms with Gasteiger partial charge in [0.15, 0.2) is 0 Å². The number of aryl methyl sites for hydroxylation is 6. The van der Waals surface area contributed by atoms with Crippen molar-refractivity contribution in [2.24, 2.45) is 0 Å². The number of nitrogens with one attached hydrogen (secondary N) is 5. The molecule has 16 nitrogen and oxygen atoms in total. The zero-order chi connectivity index (χ0) is 44.6. The first-order valence-corrected chi connectivity index (χ1v) is 19.4. The van der Waals surface area contributed by atoms with Crippen LogP contribution in [0.4, 0.5) is 40.2 Å². The topological polar surface area (TPSA) is 245 Å². The smallest absolute Gasteiger partial charge is 0.254 e. The van der Waals surface area contributed by atoms with Crippen molar-refractivity contribution < 1.29 is 9.59 Å². The van der Waals surface area contributed by atoms with E-state index < -0.39 is 0 Å². The molecule has 2 aromatic carbocycles. The molecule has 0 aliphatic carbocycles. The molecule has 0 radical (unpaired) electrons. The number of hydrogen-bond donors (Lipinski definition) is 6. The first-order valence-electron chi connectivity index (χ1n) is 19.1. The Morgan fingerprint density at radius 2 is 1.11 bits per heavy atom. The fraction of sp³-hybridized carbons (Fsp3) is 0.227. The molecule has 0 bridgehead atoms. The van der Waals surface area contributed by atoms with Gasteiger partial charge in [0.25, 0.3) is 11.8 Å². The maximum atomic E-state index is 12.4. The van der Waals surface area contributed by atoms with Gasteiger partial charge in [0, 0.05) is 67.5 Å². The Bertz CT molecular complexity index is 2550. The molecule has 7 N–H and O–H groups in total. The molecule has 0 spiro atoms. The lowest BCUT2D eigenvalue weighted by atomic mass is 10.1. The summed E-state index contributed by atoms with van der Waals surface area (Å²) in [5.74, 6) is 2.58. The van der Waals surface area contributed by atoms with Crippen LogP contribution < -0.4 is 32.3 Å². The summed E-state index contributed by atoms with van der Waals surface area (Å²) in [6, 6.07) is 22.0. The van der Waals surface area contributed by atoms with Crippen molar-refractivity contribution in [1.82, 2.24) is 40.5 Å². The molecule has 0 aliphatic rings. The van der Waals surface area contributed by atoms with Gasteiger partial charge in [0.05, 0.1) is 45.8 Å². The van der Waals surface area contributed by atoms with E-state index in [0.29, 0.717) is 62.1 Å². The van der Waals surface area contributed by atoms with Gasteiger partial charge in [0.1, 0.15) is 34.3 Å². The Kier molecular flexibility index (Phi) is 16.5. The minimum absolute atomic E-state index is 0.252. The van der Waals surface area contributed by atoms with Crippen LogP contribution in [0.25, 0.3) is 0 Å². The summed E-state index contributed by atoms with van der Waals surface area (Å²) in [5.41, 5.74) is 13.9. The van der Waals surface area contributed by atoms with Gasteiger partial charge in [0.2, 0.25) is 0 Å². The minimum Gasteiger partial charge on any atom is -0.384 e. The van der Waals surface area contributed by atoms with Gasteiger partial charge in [-0.05, 0) is 94.1 Å².